The minimum absolute atomic E-state index is 0.0189. The van der Waals surface area contributed by atoms with E-state index in [0.717, 1.165) is 61.0 Å². The lowest BCUT2D eigenvalue weighted by Crippen LogP contribution is -2.31. The third-order valence-electron chi connectivity index (χ3n) is 6.91. The second-order valence-corrected chi connectivity index (χ2v) is 10.6. The third-order valence-corrected chi connectivity index (χ3v) is 8.10. The van der Waals surface area contributed by atoms with Crippen molar-refractivity contribution >= 4 is 27.4 Å². The maximum atomic E-state index is 10.9. The van der Waals surface area contributed by atoms with Gasteiger partial charge in [0.25, 0.3) is 0 Å². The standard InChI is InChI=1S/C29H36O5S/c1-20-18-25(34-29-14-8-9-17-33-29)23(11-4-2-3-5-13-28(31)32)22(20)15-16-24(30)27-19-21-10-6-7-12-26(21)35-27/h2,4,6-7,10,12,15-16,19,22-25,29-30H,1,3,5,8-9,11,13-14,17-18H2,(H,31,32)/t22-,23+,24+,25-,29?/m0/s1. The lowest BCUT2D eigenvalue weighted by Gasteiger charge is -2.29. The minimum atomic E-state index is -0.756. The van der Waals surface area contributed by atoms with Crippen molar-refractivity contribution in [1.82, 2.24) is 0 Å². The minimum Gasteiger partial charge on any atom is -0.481 e. The molecule has 6 heteroatoms. The van der Waals surface area contributed by atoms with Crippen LogP contribution in [0.5, 0.6) is 0 Å². The van der Waals surface area contributed by atoms with Crippen LogP contribution in [0.1, 0.15) is 62.3 Å². The number of aliphatic hydroxyl groups is 1. The maximum Gasteiger partial charge on any atom is 0.303 e. The molecule has 5 nitrogen and oxygen atoms in total. The smallest absolute Gasteiger partial charge is 0.303 e. The van der Waals surface area contributed by atoms with Crippen molar-refractivity contribution in [3.05, 3.63) is 71.7 Å². The lowest BCUT2D eigenvalue weighted by atomic mass is 9.89. The summed E-state index contributed by atoms with van der Waals surface area (Å²) in [4.78, 5) is 11.7. The van der Waals surface area contributed by atoms with E-state index in [4.69, 9.17) is 14.6 Å². The number of hydrogen-bond acceptors (Lipinski definition) is 5. The normalized spacial score (nSPS) is 26.3. The van der Waals surface area contributed by atoms with Crippen LogP contribution in [-0.2, 0) is 14.3 Å². The van der Waals surface area contributed by atoms with Crippen molar-refractivity contribution in [2.24, 2.45) is 11.8 Å². The van der Waals surface area contributed by atoms with E-state index in [1.807, 2.05) is 18.2 Å². The van der Waals surface area contributed by atoms with Gasteiger partial charge >= 0.3 is 5.97 Å². The molecule has 4 rings (SSSR count). The molecule has 0 spiro atoms. The number of allylic oxidation sites excluding steroid dienone is 3. The van der Waals surface area contributed by atoms with Gasteiger partial charge in [0.15, 0.2) is 6.29 Å². The van der Waals surface area contributed by atoms with Crippen LogP contribution in [0.4, 0.5) is 0 Å². The van der Waals surface area contributed by atoms with E-state index < -0.39 is 12.1 Å². The number of ether oxygens (including phenoxy) is 2. The molecule has 2 N–H and O–H groups in total. The van der Waals surface area contributed by atoms with Crippen LogP contribution in [0.2, 0.25) is 0 Å². The largest absolute Gasteiger partial charge is 0.481 e. The zero-order chi connectivity index (χ0) is 24.6. The van der Waals surface area contributed by atoms with Crippen LogP contribution in [0.25, 0.3) is 10.1 Å². The van der Waals surface area contributed by atoms with Gasteiger partial charge in [-0.25, -0.2) is 0 Å². The Morgan fingerprint density at radius 1 is 1.29 bits per heavy atom. The molecule has 5 atom stereocenters. The zero-order valence-electron chi connectivity index (χ0n) is 20.2. The van der Waals surface area contributed by atoms with E-state index in [0.29, 0.717) is 6.42 Å². The summed E-state index contributed by atoms with van der Waals surface area (Å²) in [5.41, 5.74) is 1.12. The first kappa shape index (κ1) is 25.8. The van der Waals surface area contributed by atoms with Crippen molar-refractivity contribution in [3.8, 4) is 0 Å². The number of fused-ring (bicyclic) bond motifs is 1. The number of carboxylic acids is 1. The Morgan fingerprint density at radius 2 is 2.14 bits per heavy atom. The van der Waals surface area contributed by atoms with E-state index in [9.17, 15) is 9.90 Å². The summed E-state index contributed by atoms with van der Waals surface area (Å²) in [7, 11) is 0. The van der Waals surface area contributed by atoms with Crippen LogP contribution in [0.15, 0.2) is 66.8 Å². The fraction of sp³-hybridized carbons (Fsp3) is 0.483. The Kier molecular flexibility index (Phi) is 9.32. The Hall–Kier alpha value is -2.25. The second kappa shape index (κ2) is 12.6. The molecule has 1 aliphatic heterocycles. The maximum absolute atomic E-state index is 10.9. The number of hydrogen-bond donors (Lipinski definition) is 2. The number of thiophene rings is 1. The molecular formula is C29H36O5S. The molecule has 35 heavy (non-hydrogen) atoms. The fourth-order valence-electron chi connectivity index (χ4n) is 5.03. The summed E-state index contributed by atoms with van der Waals surface area (Å²) in [5, 5.41) is 20.9. The van der Waals surface area contributed by atoms with Gasteiger partial charge in [-0.3, -0.25) is 4.79 Å². The number of carbonyl (C=O) groups is 1. The number of aliphatic hydroxyl groups excluding tert-OH is 1. The molecule has 1 unspecified atom stereocenters. The number of unbranched alkanes of at least 4 members (excludes halogenated alkanes) is 1. The first-order valence-electron chi connectivity index (χ1n) is 12.7. The summed E-state index contributed by atoms with van der Waals surface area (Å²) in [6, 6.07) is 10.2. The van der Waals surface area contributed by atoms with Crippen molar-refractivity contribution in [2.75, 3.05) is 6.61 Å². The van der Waals surface area contributed by atoms with Gasteiger partial charge in [-0.15, -0.1) is 11.3 Å². The number of carboxylic acid groups (broad SMARTS) is 1. The lowest BCUT2D eigenvalue weighted by molar-refractivity contribution is -0.194. The highest BCUT2D eigenvalue weighted by Crippen LogP contribution is 2.42. The first-order chi connectivity index (χ1) is 17.0. The van der Waals surface area contributed by atoms with Crippen molar-refractivity contribution in [3.63, 3.8) is 0 Å². The van der Waals surface area contributed by atoms with Gasteiger partial charge in [-0.2, -0.15) is 0 Å². The van der Waals surface area contributed by atoms with Gasteiger partial charge < -0.3 is 19.7 Å². The molecule has 1 aliphatic carbocycles. The molecule has 1 aromatic carbocycles. The predicted octanol–water partition coefficient (Wildman–Crippen LogP) is 6.80. The number of aliphatic carboxylic acids is 1. The molecule has 2 aromatic rings. The first-order valence-corrected chi connectivity index (χ1v) is 13.5. The second-order valence-electron chi connectivity index (χ2n) is 9.53. The van der Waals surface area contributed by atoms with Crippen LogP contribution >= 0.6 is 11.3 Å². The van der Waals surface area contributed by atoms with Gasteiger partial charge in [0.1, 0.15) is 6.10 Å². The molecule has 0 bridgehead atoms. The van der Waals surface area contributed by atoms with Gasteiger partial charge in [-0.1, -0.05) is 54.7 Å². The number of rotatable bonds is 11. The molecular weight excluding hydrogens is 460 g/mol. The molecule has 0 amide bonds. The SMILES string of the molecule is C=C1C[C@H](OC2CCCCO2)[C@H](CC=CCCCC(=O)O)[C@H]1C=C[C@@H](O)c1cc2ccccc2s1. The topological polar surface area (TPSA) is 76.0 Å². The van der Waals surface area contributed by atoms with Crippen LogP contribution < -0.4 is 0 Å². The van der Waals surface area contributed by atoms with Crippen LogP contribution in [0.3, 0.4) is 0 Å². The summed E-state index contributed by atoms with van der Waals surface area (Å²) < 4.78 is 13.4. The average molecular weight is 497 g/mol. The molecule has 2 aliphatic rings. The van der Waals surface area contributed by atoms with Crippen LogP contribution in [-0.4, -0.2) is 35.2 Å². The van der Waals surface area contributed by atoms with E-state index in [-0.39, 0.29) is 30.7 Å². The van der Waals surface area contributed by atoms with Gasteiger partial charge in [0.05, 0.1) is 6.10 Å². The van der Waals surface area contributed by atoms with Gasteiger partial charge in [-0.05, 0) is 68.4 Å². The quantitative estimate of drug-likeness (QED) is 0.264. The predicted molar refractivity (Wildman–Crippen MR) is 140 cm³/mol. The highest BCUT2D eigenvalue weighted by atomic mass is 32.1. The van der Waals surface area contributed by atoms with Gasteiger partial charge in [0, 0.05) is 28.5 Å². The van der Waals surface area contributed by atoms with E-state index in [1.54, 1.807) is 11.3 Å². The fourth-order valence-corrected chi connectivity index (χ4v) is 6.06. The molecule has 2 heterocycles. The monoisotopic (exact) mass is 496 g/mol. The van der Waals surface area contributed by atoms with Gasteiger partial charge in [0.2, 0.25) is 0 Å². The highest BCUT2D eigenvalue weighted by molar-refractivity contribution is 7.19. The molecule has 1 saturated heterocycles. The van der Waals surface area contributed by atoms with Crippen molar-refractivity contribution in [1.29, 1.82) is 0 Å². The van der Waals surface area contributed by atoms with E-state index in [2.05, 4.69) is 43.0 Å². The Morgan fingerprint density at radius 3 is 2.91 bits per heavy atom. The molecule has 1 saturated carbocycles. The summed E-state index contributed by atoms with van der Waals surface area (Å²) in [6.45, 7) is 5.10. The number of benzene rings is 1. The molecule has 2 fully saturated rings. The molecule has 188 valence electrons. The third kappa shape index (κ3) is 7.14. The van der Waals surface area contributed by atoms with E-state index in [1.165, 1.54) is 4.70 Å². The summed E-state index contributed by atoms with van der Waals surface area (Å²) >= 11 is 1.62. The average Bonchev–Trinajstić information content (AvgIpc) is 3.41. The highest BCUT2D eigenvalue weighted by Gasteiger charge is 2.39. The Bertz CT molecular complexity index is 1020. The molecule has 1 aromatic heterocycles. The summed E-state index contributed by atoms with van der Waals surface area (Å²) in [6.07, 6.45) is 13.7. The Labute approximate surface area is 211 Å². The van der Waals surface area contributed by atoms with Crippen LogP contribution in [0, 0.1) is 11.8 Å². The van der Waals surface area contributed by atoms with Crippen molar-refractivity contribution in [2.45, 2.75) is 69.9 Å². The molecule has 0 radical (unpaired) electrons. The van der Waals surface area contributed by atoms with E-state index >= 15 is 0 Å². The Balaban J connectivity index is 1.44. The summed E-state index contributed by atoms with van der Waals surface area (Å²) in [5.74, 6) is -0.445. The van der Waals surface area contributed by atoms with Crippen molar-refractivity contribution < 1.29 is 24.5 Å². The zero-order valence-corrected chi connectivity index (χ0v) is 21.0.